The summed E-state index contributed by atoms with van der Waals surface area (Å²) in [5.41, 5.74) is -1.31. The van der Waals surface area contributed by atoms with Gasteiger partial charge in [0.05, 0.1) is 11.5 Å². The number of rotatable bonds is 3. The summed E-state index contributed by atoms with van der Waals surface area (Å²) in [6.45, 7) is -0.217. The highest BCUT2D eigenvalue weighted by Gasteiger charge is 2.45. The fourth-order valence-corrected chi connectivity index (χ4v) is 2.68. The number of carbonyl (C=O) groups excluding carboxylic acids is 1. The molecule has 2 N–H and O–H groups in total. The first kappa shape index (κ1) is 18.9. The van der Waals surface area contributed by atoms with Crippen molar-refractivity contribution in [1.29, 1.82) is 0 Å². The van der Waals surface area contributed by atoms with Gasteiger partial charge < -0.3 is 15.3 Å². The predicted molar refractivity (Wildman–Crippen MR) is 75.6 cm³/mol. The van der Waals surface area contributed by atoms with Crippen LogP contribution in [0.5, 0.6) is 0 Å². The summed E-state index contributed by atoms with van der Waals surface area (Å²) < 4.78 is 67.1. The molecule has 2 rings (SSSR count). The number of hydrogen-bond acceptors (Lipinski definition) is 2. The SMILES string of the molecule is O=C(O)C1CCCN(C(=O)NC(c2c(F)cccc2F)C(F)(F)F)C1. The van der Waals surface area contributed by atoms with E-state index in [1.54, 1.807) is 5.32 Å². The van der Waals surface area contributed by atoms with Crippen molar-refractivity contribution < 1.29 is 36.6 Å². The van der Waals surface area contributed by atoms with Gasteiger partial charge in [-0.2, -0.15) is 13.2 Å². The number of alkyl halides is 3. The molecule has 1 aliphatic heterocycles. The Hall–Kier alpha value is -2.39. The van der Waals surface area contributed by atoms with Gasteiger partial charge in [0.25, 0.3) is 0 Å². The third-order valence-corrected chi connectivity index (χ3v) is 3.94. The van der Waals surface area contributed by atoms with Crippen molar-refractivity contribution in [2.45, 2.75) is 25.1 Å². The van der Waals surface area contributed by atoms with E-state index in [0.717, 1.165) is 11.0 Å². The topological polar surface area (TPSA) is 69.6 Å². The number of halogens is 5. The van der Waals surface area contributed by atoms with E-state index in [4.69, 9.17) is 5.11 Å². The average Bonchev–Trinajstić information content (AvgIpc) is 2.52. The molecular weight excluding hydrogens is 351 g/mol. The third-order valence-electron chi connectivity index (χ3n) is 3.94. The summed E-state index contributed by atoms with van der Waals surface area (Å²) in [6.07, 6.45) is -4.54. The summed E-state index contributed by atoms with van der Waals surface area (Å²) in [5.74, 6) is -4.94. The lowest BCUT2D eigenvalue weighted by atomic mass is 9.98. The van der Waals surface area contributed by atoms with Gasteiger partial charge in [-0.15, -0.1) is 0 Å². The molecule has 1 fully saturated rings. The Morgan fingerprint density at radius 3 is 2.36 bits per heavy atom. The van der Waals surface area contributed by atoms with Gasteiger partial charge in [0.2, 0.25) is 0 Å². The number of amides is 2. The molecule has 0 radical (unpaired) electrons. The van der Waals surface area contributed by atoms with Crippen LogP contribution in [0.15, 0.2) is 18.2 Å². The molecule has 1 aromatic rings. The predicted octanol–water partition coefficient (Wildman–Crippen LogP) is 3.07. The zero-order valence-corrected chi connectivity index (χ0v) is 12.8. The largest absolute Gasteiger partial charge is 0.481 e. The first-order valence-electron chi connectivity index (χ1n) is 7.40. The van der Waals surface area contributed by atoms with Gasteiger partial charge in [-0.3, -0.25) is 4.79 Å². The molecule has 2 amide bonds. The minimum absolute atomic E-state index is 0.0555. The van der Waals surface area contributed by atoms with Gasteiger partial charge in [-0.1, -0.05) is 6.07 Å². The van der Waals surface area contributed by atoms with Crippen LogP contribution in [0, 0.1) is 17.6 Å². The summed E-state index contributed by atoms with van der Waals surface area (Å²) in [5, 5.41) is 10.5. The Kier molecular flexibility index (Phi) is 5.48. The third kappa shape index (κ3) is 4.37. The molecule has 1 saturated heterocycles. The zero-order valence-electron chi connectivity index (χ0n) is 12.8. The first-order valence-corrected chi connectivity index (χ1v) is 7.40. The number of carbonyl (C=O) groups is 2. The zero-order chi connectivity index (χ0) is 18.8. The summed E-state index contributed by atoms with van der Waals surface area (Å²) in [7, 11) is 0. The fourth-order valence-electron chi connectivity index (χ4n) is 2.68. The van der Waals surface area contributed by atoms with Crippen LogP contribution < -0.4 is 5.32 Å². The van der Waals surface area contributed by atoms with E-state index >= 15 is 0 Å². The molecule has 2 unspecified atom stereocenters. The molecule has 2 atom stereocenters. The number of benzene rings is 1. The Labute approximate surface area is 139 Å². The van der Waals surface area contributed by atoms with E-state index < -0.39 is 47.3 Å². The number of likely N-dealkylation sites (tertiary alicyclic amines) is 1. The van der Waals surface area contributed by atoms with Crippen LogP contribution in [0.25, 0.3) is 0 Å². The molecule has 1 aromatic carbocycles. The molecule has 25 heavy (non-hydrogen) atoms. The summed E-state index contributed by atoms with van der Waals surface area (Å²) >= 11 is 0. The maximum Gasteiger partial charge on any atom is 0.413 e. The van der Waals surface area contributed by atoms with Gasteiger partial charge >= 0.3 is 18.2 Å². The number of carboxylic acid groups (broad SMARTS) is 1. The Bertz CT molecular complexity index is 645. The number of urea groups is 1. The fraction of sp³-hybridized carbons (Fsp3) is 0.467. The lowest BCUT2D eigenvalue weighted by Gasteiger charge is -2.32. The molecule has 0 saturated carbocycles. The van der Waals surface area contributed by atoms with E-state index in [-0.39, 0.29) is 13.1 Å². The second-order valence-electron chi connectivity index (χ2n) is 5.68. The van der Waals surface area contributed by atoms with Crippen molar-refractivity contribution in [3.05, 3.63) is 35.4 Å². The van der Waals surface area contributed by atoms with Crippen LogP contribution in [0.4, 0.5) is 26.7 Å². The van der Waals surface area contributed by atoms with Crippen molar-refractivity contribution in [2.75, 3.05) is 13.1 Å². The molecule has 0 aromatic heterocycles. The van der Waals surface area contributed by atoms with Crippen LogP contribution in [-0.2, 0) is 4.79 Å². The van der Waals surface area contributed by atoms with E-state index in [1.807, 2.05) is 0 Å². The van der Waals surface area contributed by atoms with Crippen LogP contribution in [0.2, 0.25) is 0 Å². The minimum Gasteiger partial charge on any atom is -0.481 e. The maximum atomic E-state index is 13.7. The number of nitrogens with one attached hydrogen (secondary N) is 1. The number of piperidine rings is 1. The van der Waals surface area contributed by atoms with Crippen LogP contribution in [0.3, 0.4) is 0 Å². The molecular formula is C15H15F5N2O3. The second kappa shape index (κ2) is 7.24. The lowest BCUT2D eigenvalue weighted by Crippen LogP contribution is -2.50. The molecule has 5 nitrogen and oxygen atoms in total. The highest BCUT2D eigenvalue weighted by molar-refractivity contribution is 5.77. The highest BCUT2D eigenvalue weighted by atomic mass is 19.4. The Balaban J connectivity index is 2.23. The maximum absolute atomic E-state index is 13.7. The second-order valence-corrected chi connectivity index (χ2v) is 5.68. The van der Waals surface area contributed by atoms with E-state index in [2.05, 4.69) is 0 Å². The Morgan fingerprint density at radius 2 is 1.84 bits per heavy atom. The molecule has 0 aliphatic carbocycles. The van der Waals surface area contributed by atoms with Gasteiger partial charge in [0.1, 0.15) is 11.6 Å². The number of nitrogens with zero attached hydrogens (tertiary/aromatic N) is 1. The molecule has 0 spiro atoms. The highest BCUT2D eigenvalue weighted by Crippen LogP contribution is 2.35. The van der Waals surface area contributed by atoms with Crippen LogP contribution in [-0.4, -0.2) is 41.3 Å². The normalized spacial score (nSPS) is 19.4. The molecule has 138 valence electrons. The van der Waals surface area contributed by atoms with E-state index in [0.29, 0.717) is 25.0 Å². The van der Waals surface area contributed by atoms with Crippen molar-refractivity contribution in [3.8, 4) is 0 Å². The van der Waals surface area contributed by atoms with Gasteiger partial charge in [0, 0.05) is 13.1 Å². The van der Waals surface area contributed by atoms with Gasteiger partial charge in [-0.05, 0) is 25.0 Å². The quantitative estimate of drug-likeness (QED) is 0.808. The van der Waals surface area contributed by atoms with Crippen molar-refractivity contribution >= 4 is 12.0 Å². The van der Waals surface area contributed by atoms with Crippen LogP contribution in [0.1, 0.15) is 24.4 Å². The standard InChI is InChI=1S/C15H15F5N2O3/c16-9-4-1-5-10(17)11(9)12(15(18,19)20)21-14(25)22-6-2-3-8(7-22)13(23)24/h1,4-5,8,12H,2-3,6-7H2,(H,21,25)(H,23,24). The number of carboxylic acids is 1. The monoisotopic (exact) mass is 366 g/mol. The van der Waals surface area contributed by atoms with E-state index in [9.17, 15) is 31.5 Å². The molecule has 1 heterocycles. The van der Waals surface area contributed by atoms with Crippen molar-refractivity contribution in [1.82, 2.24) is 10.2 Å². The average molecular weight is 366 g/mol. The smallest absolute Gasteiger partial charge is 0.413 e. The summed E-state index contributed by atoms with van der Waals surface area (Å²) in [4.78, 5) is 24.0. The van der Waals surface area contributed by atoms with Gasteiger partial charge in [0.15, 0.2) is 6.04 Å². The lowest BCUT2D eigenvalue weighted by molar-refractivity contribution is -0.157. The molecule has 1 aliphatic rings. The van der Waals surface area contributed by atoms with Gasteiger partial charge in [-0.25, -0.2) is 13.6 Å². The summed E-state index contributed by atoms with van der Waals surface area (Å²) in [6, 6.07) is -1.89. The number of hydrogen-bond donors (Lipinski definition) is 2. The van der Waals surface area contributed by atoms with Crippen LogP contribution >= 0.6 is 0 Å². The molecule has 10 heteroatoms. The van der Waals surface area contributed by atoms with Crippen molar-refractivity contribution in [3.63, 3.8) is 0 Å². The van der Waals surface area contributed by atoms with Crippen molar-refractivity contribution in [2.24, 2.45) is 5.92 Å². The number of aliphatic carboxylic acids is 1. The first-order chi connectivity index (χ1) is 11.6. The minimum atomic E-state index is -5.14. The van der Waals surface area contributed by atoms with E-state index in [1.165, 1.54) is 0 Å². The Morgan fingerprint density at radius 1 is 1.24 bits per heavy atom. The molecule has 0 bridgehead atoms.